The molecule has 3 rings (SSSR count). The summed E-state index contributed by atoms with van der Waals surface area (Å²) < 4.78 is 0. The fraction of sp³-hybridized carbons (Fsp3) is 0.600. The largest absolute Gasteiger partial charge is 0.392 e. The van der Waals surface area contributed by atoms with Crippen LogP contribution in [0, 0.1) is 0 Å². The number of hydrogen-bond donors (Lipinski definition) is 2. The summed E-state index contributed by atoms with van der Waals surface area (Å²) in [5, 5.41) is 13.6. The zero-order chi connectivity index (χ0) is 11.7. The van der Waals surface area contributed by atoms with Gasteiger partial charge in [-0.2, -0.15) is 0 Å². The van der Waals surface area contributed by atoms with Crippen molar-refractivity contribution in [3.63, 3.8) is 0 Å². The highest BCUT2D eigenvalue weighted by Gasteiger charge is 2.28. The average molecular weight is 231 g/mol. The molecule has 1 saturated carbocycles. The van der Waals surface area contributed by atoms with Gasteiger partial charge in [-0.15, -0.1) is 0 Å². The quantitative estimate of drug-likeness (QED) is 0.816. The number of hydrogen-bond acceptors (Lipinski definition) is 2. The first-order valence-corrected chi connectivity index (χ1v) is 6.84. The second-order valence-electron chi connectivity index (χ2n) is 5.50. The first kappa shape index (κ1) is 11.2. The van der Waals surface area contributed by atoms with E-state index in [9.17, 15) is 5.11 Å². The molecular weight excluding hydrogens is 210 g/mol. The summed E-state index contributed by atoms with van der Waals surface area (Å²) in [5.74, 6) is 0. The van der Waals surface area contributed by atoms with E-state index in [2.05, 4.69) is 29.6 Å². The molecule has 2 aliphatic carbocycles. The molecule has 0 amide bonds. The topological polar surface area (TPSA) is 32.3 Å². The van der Waals surface area contributed by atoms with Gasteiger partial charge in [-0.1, -0.05) is 37.1 Å². The summed E-state index contributed by atoms with van der Waals surface area (Å²) in [7, 11) is 0. The standard InChI is InChI=1S/C15H21NO/c17-15-8-4-3-7-14(15)16-13-9-11-5-1-2-6-12(11)10-13/h1-2,5-6,13-17H,3-4,7-10H2. The minimum Gasteiger partial charge on any atom is -0.392 e. The van der Waals surface area contributed by atoms with Crippen molar-refractivity contribution in [1.29, 1.82) is 0 Å². The van der Waals surface area contributed by atoms with Crippen molar-refractivity contribution in [3.8, 4) is 0 Å². The third kappa shape index (κ3) is 2.38. The summed E-state index contributed by atoms with van der Waals surface area (Å²) in [6.45, 7) is 0. The molecule has 2 nitrogen and oxygen atoms in total. The summed E-state index contributed by atoms with van der Waals surface area (Å²) in [4.78, 5) is 0. The Balaban J connectivity index is 1.61. The highest BCUT2D eigenvalue weighted by molar-refractivity contribution is 5.33. The van der Waals surface area contributed by atoms with Gasteiger partial charge in [0.1, 0.15) is 0 Å². The Kier molecular flexibility index (Phi) is 3.17. The van der Waals surface area contributed by atoms with Gasteiger partial charge in [-0.3, -0.25) is 0 Å². The van der Waals surface area contributed by atoms with Crippen molar-refractivity contribution in [2.75, 3.05) is 0 Å². The summed E-state index contributed by atoms with van der Waals surface area (Å²) in [5.41, 5.74) is 2.96. The second-order valence-corrected chi connectivity index (χ2v) is 5.50. The van der Waals surface area contributed by atoms with Crippen molar-refractivity contribution >= 4 is 0 Å². The van der Waals surface area contributed by atoms with Crippen LogP contribution in [0.1, 0.15) is 36.8 Å². The minimum absolute atomic E-state index is 0.132. The molecule has 0 saturated heterocycles. The lowest BCUT2D eigenvalue weighted by molar-refractivity contribution is 0.0854. The summed E-state index contributed by atoms with van der Waals surface area (Å²) >= 11 is 0. The third-order valence-electron chi connectivity index (χ3n) is 4.23. The van der Waals surface area contributed by atoms with E-state index >= 15 is 0 Å². The lowest BCUT2D eigenvalue weighted by Gasteiger charge is -2.31. The SMILES string of the molecule is OC1CCCCC1NC1Cc2ccccc2C1. The molecule has 0 aliphatic heterocycles. The molecule has 17 heavy (non-hydrogen) atoms. The van der Waals surface area contributed by atoms with Crippen LogP contribution in [0.25, 0.3) is 0 Å². The van der Waals surface area contributed by atoms with Crippen LogP contribution in [0.3, 0.4) is 0 Å². The van der Waals surface area contributed by atoms with Gasteiger partial charge in [0.2, 0.25) is 0 Å². The highest BCUT2D eigenvalue weighted by atomic mass is 16.3. The molecule has 1 aromatic carbocycles. The molecule has 1 fully saturated rings. The third-order valence-corrected chi connectivity index (χ3v) is 4.23. The van der Waals surface area contributed by atoms with E-state index in [1.165, 1.54) is 24.0 Å². The Bertz CT molecular complexity index is 365. The van der Waals surface area contributed by atoms with Crippen LogP contribution in [-0.2, 0) is 12.8 Å². The van der Waals surface area contributed by atoms with Gasteiger partial charge < -0.3 is 10.4 Å². The number of aliphatic hydroxyl groups is 1. The van der Waals surface area contributed by atoms with Gasteiger partial charge in [0.15, 0.2) is 0 Å². The van der Waals surface area contributed by atoms with Crippen LogP contribution in [0.2, 0.25) is 0 Å². The number of rotatable bonds is 2. The molecule has 0 bridgehead atoms. The van der Waals surface area contributed by atoms with E-state index in [0.717, 1.165) is 25.7 Å². The molecule has 1 aromatic rings. The predicted octanol–water partition coefficient (Wildman–Crippen LogP) is 2.05. The van der Waals surface area contributed by atoms with Crippen molar-refractivity contribution in [2.24, 2.45) is 0 Å². The number of benzene rings is 1. The zero-order valence-electron chi connectivity index (χ0n) is 10.2. The van der Waals surface area contributed by atoms with E-state index in [-0.39, 0.29) is 6.10 Å². The molecule has 2 heteroatoms. The van der Waals surface area contributed by atoms with Gasteiger partial charge in [-0.05, 0) is 36.8 Å². The number of fused-ring (bicyclic) bond motifs is 1. The minimum atomic E-state index is -0.132. The van der Waals surface area contributed by atoms with Gasteiger partial charge in [0.25, 0.3) is 0 Å². The molecule has 92 valence electrons. The fourth-order valence-electron chi connectivity index (χ4n) is 3.29. The van der Waals surface area contributed by atoms with Crippen LogP contribution in [0.15, 0.2) is 24.3 Å². The maximum absolute atomic E-state index is 9.98. The van der Waals surface area contributed by atoms with E-state index in [0.29, 0.717) is 12.1 Å². The van der Waals surface area contributed by atoms with Crippen molar-refractivity contribution in [1.82, 2.24) is 5.32 Å². The molecule has 0 heterocycles. The Labute approximate surface area is 103 Å². The maximum Gasteiger partial charge on any atom is 0.0693 e. The smallest absolute Gasteiger partial charge is 0.0693 e. The average Bonchev–Trinajstić information content (AvgIpc) is 2.74. The van der Waals surface area contributed by atoms with Gasteiger partial charge >= 0.3 is 0 Å². The van der Waals surface area contributed by atoms with E-state index in [1.807, 2.05) is 0 Å². The van der Waals surface area contributed by atoms with E-state index in [1.54, 1.807) is 0 Å². The first-order chi connectivity index (χ1) is 8.33. The van der Waals surface area contributed by atoms with Gasteiger partial charge in [0.05, 0.1) is 6.10 Å². The second kappa shape index (κ2) is 4.79. The van der Waals surface area contributed by atoms with Gasteiger partial charge in [0, 0.05) is 12.1 Å². The van der Waals surface area contributed by atoms with E-state index < -0.39 is 0 Å². The molecule has 2 aliphatic rings. The summed E-state index contributed by atoms with van der Waals surface area (Å²) in [6.07, 6.45) is 6.66. The van der Waals surface area contributed by atoms with Crippen LogP contribution < -0.4 is 5.32 Å². The fourth-order valence-corrected chi connectivity index (χ4v) is 3.29. The lowest BCUT2D eigenvalue weighted by atomic mass is 9.92. The predicted molar refractivity (Wildman–Crippen MR) is 69.0 cm³/mol. The molecule has 2 unspecified atom stereocenters. The molecule has 2 atom stereocenters. The van der Waals surface area contributed by atoms with Crippen LogP contribution in [0.4, 0.5) is 0 Å². The van der Waals surface area contributed by atoms with E-state index in [4.69, 9.17) is 0 Å². The molecule has 2 N–H and O–H groups in total. The normalized spacial score (nSPS) is 29.2. The van der Waals surface area contributed by atoms with Crippen LogP contribution in [-0.4, -0.2) is 23.3 Å². The number of aliphatic hydroxyl groups excluding tert-OH is 1. The Morgan fingerprint density at radius 3 is 2.29 bits per heavy atom. The van der Waals surface area contributed by atoms with Crippen molar-refractivity contribution < 1.29 is 5.11 Å². The Morgan fingerprint density at radius 2 is 1.65 bits per heavy atom. The molecule has 0 spiro atoms. The zero-order valence-corrected chi connectivity index (χ0v) is 10.2. The summed E-state index contributed by atoms with van der Waals surface area (Å²) in [6, 6.07) is 9.56. The van der Waals surface area contributed by atoms with Gasteiger partial charge in [-0.25, -0.2) is 0 Å². The lowest BCUT2D eigenvalue weighted by Crippen LogP contribution is -2.47. The molecular formula is C15H21NO. The van der Waals surface area contributed by atoms with Crippen LogP contribution in [0.5, 0.6) is 0 Å². The van der Waals surface area contributed by atoms with Crippen LogP contribution >= 0.6 is 0 Å². The Morgan fingerprint density at radius 1 is 1.00 bits per heavy atom. The number of nitrogens with one attached hydrogen (secondary N) is 1. The highest BCUT2D eigenvalue weighted by Crippen LogP contribution is 2.24. The van der Waals surface area contributed by atoms with Crippen molar-refractivity contribution in [2.45, 2.75) is 56.7 Å². The van der Waals surface area contributed by atoms with Crippen molar-refractivity contribution in [3.05, 3.63) is 35.4 Å². The maximum atomic E-state index is 9.98. The first-order valence-electron chi connectivity index (χ1n) is 6.84. The monoisotopic (exact) mass is 231 g/mol. The Hall–Kier alpha value is -0.860. The molecule has 0 radical (unpaired) electrons. The molecule has 0 aromatic heterocycles.